The smallest absolute Gasteiger partial charge is 0.336 e. The summed E-state index contributed by atoms with van der Waals surface area (Å²) in [6.07, 6.45) is -1.63. The molecule has 0 aliphatic rings. The molecule has 3 rings (SSSR count). The summed E-state index contributed by atoms with van der Waals surface area (Å²) in [5, 5.41) is 45.0. The predicted octanol–water partition coefficient (Wildman–Crippen LogP) is 3.03. The van der Waals surface area contributed by atoms with E-state index in [9.17, 15) is 24.5 Å². The zero-order valence-electron chi connectivity index (χ0n) is 23.7. The first kappa shape index (κ1) is 33.6. The van der Waals surface area contributed by atoms with E-state index in [1.54, 1.807) is 12.1 Å². The number of aromatic nitrogens is 2. The standard InChI is InChI=1S/C22H28N4O3.C6H8O7/c1-4-24(5-2)13-14-25-21-12-9-18(26(27)28)16-20(21)23-22(25)15-17-7-10-19(11-8-17)29-6-3;7-3(8)1-6(13,5(11)12)2-4(9)10/h7-12,16H,4-6,13-15H2,1-3H3;13H,1-2H2,(H,7,8)(H,9,10)(H,11,12). The van der Waals surface area contributed by atoms with Crippen molar-refractivity contribution in [1.29, 1.82) is 0 Å². The van der Waals surface area contributed by atoms with Crippen molar-refractivity contribution in [2.24, 2.45) is 0 Å². The fraction of sp³-hybridized carbons (Fsp3) is 0.429. The SMILES string of the molecule is CCOc1ccc(Cc2nc3cc([N+](=O)[O-])ccc3n2CCN(CC)CC)cc1.O=C(O)CC(O)(CC(=O)O)C(=O)O. The molecule has 228 valence electrons. The normalized spacial score (nSPS) is 11.2. The third kappa shape index (κ3) is 9.52. The number of rotatable bonds is 15. The van der Waals surface area contributed by atoms with Gasteiger partial charge in [-0.25, -0.2) is 9.78 Å². The van der Waals surface area contributed by atoms with Gasteiger partial charge in [-0.2, -0.15) is 0 Å². The summed E-state index contributed by atoms with van der Waals surface area (Å²) in [6.45, 7) is 10.6. The van der Waals surface area contributed by atoms with Crippen LogP contribution >= 0.6 is 0 Å². The molecular formula is C28H36N4O10. The number of ether oxygens (including phenoxy) is 1. The number of hydrogen-bond acceptors (Lipinski definition) is 9. The van der Waals surface area contributed by atoms with Gasteiger partial charge in [0.2, 0.25) is 0 Å². The van der Waals surface area contributed by atoms with Crippen molar-refractivity contribution in [3.8, 4) is 5.75 Å². The topological polar surface area (TPSA) is 206 Å². The lowest BCUT2D eigenvalue weighted by Gasteiger charge is -2.19. The zero-order valence-corrected chi connectivity index (χ0v) is 23.7. The minimum Gasteiger partial charge on any atom is -0.494 e. The van der Waals surface area contributed by atoms with E-state index in [0.717, 1.165) is 48.8 Å². The number of carboxylic acid groups (broad SMARTS) is 3. The number of imidazole rings is 1. The number of non-ortho nitro benzene ring substituents is 1. The molecule has 0 fully saturated rings. The van der Waals surface area contributed by atoms with Gasteiger partial charge in [0.05, 0.1) is 35.4 Å². The number of fused-ring (bicyclic) bond motifs is 1. The molecule has 2 aromatic carbocycles. The molecule has 1 aromatic heterocycles. The van der Waals surface area contributed by atoms with Gasteiger partial charge < -0.3 is 34.6 Å². The quantitative estimate of drug-likeness (QED) is 0.149. The fourth-order valence-corrected chi connectivity index (χ4v) is 4.21. The molecule has 0 unspecified atom stereocenters. The van der Waals surface area contributed by atoms with E-state index in [1.165, 1.54) is 0 Å². The number of benzene rings is 2. The third-order valence-corrected chi connectivity index (χ3v) is 6.44. The monoisotopic (exact) mass is 588 g/mol. The van der Waals surface area contributed by atoms with Crippen LogP contribution in [-0.2, 0) is 27.3 Å². The highest BCUT2D eigenvalue weighted by Gasteiger charge is 2.40. The molecule has 14 nitrogen and oxygen atoms in total. The van der Waals surface area contributed by atoms with Crippen molar-refractivity contribution in [3.63, 3.8) is 0 Å². The maximum atomic E-state index is 11.2. The Balaban J connectivity index is 0.000000401. The second-order valence-electron chi connectivity index (χ2n) is 9.37. The average molecular weight is 589 g/mol. The van der Waals surface area contributed by atoms with Gasteiger partial charge in [-0.05, 0) is 43.8 Å². The van der Waals surface area contributed by atoms with Gasteiger partial charge in [0.15, 0.2) is 5.60 Å². The largest absolute Gasteiger partial charge is 0.494 e. The van der Waals surface area contributed by atoms with Gasteiger partial charge >= 0.3 is 17.9 Å². The molecule has 0 radical (unpaired) electrons. The molecule has 4 N–H and O–H groups in total. The molecular weight excluding hydrogens is 552 g/mol. The van der Waals surface area contributed by atoms with E-state index in [4.69, 9.17) is 30.1 Å². The summed E-state index contributed by atoms with van der Waals surface area (Å²) < 4.78 is 7.71. The van der Waals surface area contributed by atoms with Crippen LogP contribution in [0.1, 0.15) is 45.0 Å². The molecule has 0 aliphatic heterocycles. The number of likely N-dealkylation sites (N-methyl/N-ethyl adjacent to an activating group) is 1. The van der Waals surface area contributed by atoms with Crippen molar-refractivity contribution < 1.29 is 44.5 Å². The molecule has 42 heavy (non-hydrogen) atoms. The van der Waals surface area contributed by atoms with Gasteiger partial charge in [-0.3, -0.25) is 19.7 Å². The van der Waals surface area contributed by atoms with Crippen LogP contribution in [0.3, 0.4) is 0 Å². The molecule has 14 heteroatoms. The molecule has 0 bridgehead atoms. The van der Waals surface area contributed by atoms with Gasteiger partial charge in [-0.1, -0.05) is 26.0 Å². The molecule has 0 spiro atoms. The van der Waals surface area contributed by atoms with Crippen molar-refractivity contribution in [2.75, 3.05) is 26.2 Å². The first-order chi connectivity index (χ1) is 19.8. The lowest BCUT2D eigenvalue weighted by molar-refractivity contribution is -0.384. The summed E-state index contributed by atoms with van der Waals surface area (Å²) in [5.41, 5.74) is 0.0572. The Morgan fingerprint density at radius 2 is 1.60 bits per heavy atom. The van der Waals surface area contributed by atoms with Gasteiger partial charge in [0, 0.05) is 31.6 Å². The van der Waals surface area contributed by atoms with Crippen molar-refractivity contribution >= 4 is 34.6 Å². The van der Waals surface area contributed by atoms with E-state index in [-0.39, 0.29) is 10.6 Å². The maximum absolute atomic E-state index is 11.2. The van der Waals surface area contributed by atoms with Crippen LogP contribution in [0, 0.1) is 10.1 Å². The first-order valence-corrected chi connectivity index (χ1v) is 13.3. The van der Waals surface area contributed by atoms with Gasteiger partial charge in [0.25, 0.3) is 5.69 Å². The van der Waals surface area contributed by atoms with E-state index in [0.29, 0.717) is 18.5 Å². The van der Waals surface area contributed by atoms with Crippen LogP contribution in [0.2, 0.25) is 0 Å². The third-order valence-electron chi connectivity index (χ3n) is 6.44. The van der Waals surface area contributed by atoms with Crippen LogP contribution < -0.4 is 4.74 Å². The van der Waals surface area contributed by atoms with Crippen molar-refractivity contribution in [2.45, 2.75) is 52.2 Å². The molecule has 0 aliphatic carbocycles. The van der Waals surface area contributed by atoms with Crippen molar-refractivity contribution in [3.05, 3.63) is 64.0 Å². The molecule has 0 saturated carbocycles. The zero-order chi connectivity index (χ0) is 31.4. The number of nitrogens with zero attached hydrogens (tertiary/aromatic N) is 4. The Bertz CT molecular complexity index is 1370. The lowest BCUT2D eigenvalue weighted by Crippen LogP contribution is -2.42. The highest BCUT2D eigenvalue weighted by atomic mass is 16.6. The predicted molar refractivity (Wildman–Crippen MR) is 152 cm³/mol. The fourth-order valence-electron chi connectivity index (χ4n) is 4.21. The minimum atomic E-state index is -2.74. The summed E-state index contributed by atoms with van der Waals surface area (Å²) in [4.78, 5) is 48.4. The van der Waals surface area contributed by atoms with E-state index in [1.807, 2.05) is 37.3 Å². The first-order valence-electron chi connectivity index (χ1n) is 13.3. The summed E-state index contributed by atoms with van der Waals surface area (Å²) in [6, 6.07) is 12.9. The Hall–Kier alpha value is -4.56. The lowest BCUT2D eigenvalue weighted by atomic mass is 9.96. The average Bonchev–Trinajstić information content (AvgIpc) is 3.26. The second-order valence-corrected chi connectivity index (χ2v) is 9.37. The molecule has 3 aromatic rings. The summed E-state index contributed by atoms with van der Waals surface area (Å²) in [7, 11) is 0. The highest BCUT2D eigenvalue weighted by molar-refractivity contribution is 5.88. The summed E-state index contributed by atoms with van der Waals surface area (Å²) in [5.74, 6) is -3.26. The number of aliphatic hydroxyl groups is 1. The summed E-state index contributed by atoms with van der Waals surface area (Å²) >= 11 is 0. The Kier molecular flexibility index (Phi) is 12.4. The molecule has 1 heterocycles. The number of carboxylic acids is 3. The Morgan fingerprint density at radius 1 is 1.00 bits per heavy atom. The van der Waals surface area contributed by atoms with E-state index < -0.39 is 36.4 Å². The van der Waals surface area contributed by atoms with Crippen molar-refractivity contribution in [1.82, 2.24) is 14.5 Å². The van der Waals surface area contributed by atoms with E-state index in [2.05, 4.69) is 23.3 Å². The minimum absolute atomic E-state index is 0.0681. The Morgan fingerprint density at radius 3 is 2.07 bits per heavy atom. The Labute approximate surface area is 241 Å². The number of hydrogen-bond donors (Lipinski definition) is 4. The molecule has 0 amide bonds. The van der Waals surface area contributed by atoms with Crippen LogP contribution in [0.4, 0.5) is 5.69 Å². The van der Waals surface area contributed by atoms with Gasteiger partial charge in [-0.15, -0.1) is 0 Å². The van der Waals surface area contributed by atoms with Crippen LogP contribution in [-0.4, -0.2) is 89.6 Å². The number of aliphatic carboxylic acids is 3. The second kappa shape index (κ2) is 15.4. The molecule has 0 saturated heterocycles. The van der Waals surface area contributed by atoms with E-state index >= 15 is 0 Å². The van der Waals surface area contributed by atoms with Crippen LogP contribution in [0.25, 0.3) is 11.0 Å². The van der Waals surface area contributed by atoms with Crippen LogP contribution in [0.15, 0.2) is 42.5 Å². The number of nitro benzene ring substituents is 1. The number of carbonyl (C=O) groups is 3. The van der Waals surface area contributed by atoms with Gasteiger partial charge in [0.1, 0.15) is 11.6 Å². The maximum Gasteiger partial charge on any atom is 0.336 e. The molecule has 0 atom stereocenters. The van der Waals surface area contributed by atoms with Crippen LogP contribution in [0.5, 0.6) is 5.75 Å². The number of nitro groups is 1. The highest BCUT2D eigenvalue weighted by Crippen LogP contribution is 2.24.